The van der Waals surface area contributed by atoms with Crippen molar-refractivity contribution in [1.82, 2.24) is 9.55 Å². The van der Waals surface area contributed by atoms with E-state index in [1.54, 1.807) is 24.3 Å². The zero-order valence-electron chi connectivity index (χ0n) is 11.5. The highest BCUT2D eigenvalue weighted by atomic mass is 79.9. The molecule has 0 radical (unpaired) electrons. The van der Waals surface area contributed by atoms with Crippen LogP contribution in [0.2, 0.25) is 0 Å². The van der Waals surface area contributed by atoms with Gasteiger partial charge in [-0.2, -0.15) is 0 Å². The molecule has 23 heavy (non-hydrogen) atoms. The van der Waals surface area contributed by atoms with E-state index in [0.717, 1.165) is 4.47 Å². The summed E-state index contributed by atoms with van der Waals surface area (Å²) >= 11 is 8.57. The maximum atomic E-state index is 12.7. The zero-order chi connectivity index (χ0) is 16.8. The second kappa shape index (κ2) is 5.68. The molecule has 3 N–H and O–H groups in total. The van der Waals surface area contributed by atoms with Gasteiger partial charge in [0, 0.05) is 4.47 Å². The number of sulfonamides is 1. The van der Waals surface area contributed by atoms with Crippen LogP contribution in [-0.2, 0) is 10.0 Å². The van der Waals surface area contributed by atoms with E-state index >= 15 is 0 Å². The minimum Gasteiger partial charge on any atom is -0.331 e. The molecule has 0 bridgehead atoms. The number of nitrogens with zero attached hydrogens (tertiary/aromatic N) is 1. The predicted octanol–water partition coefficient (Wildman–Crippen LogP) is 2.46. The summed E-state index contributed by atoms with van der Waals surface area (Å²) < 4.78 is 25.2. The topological polar surface area (TPSA) is 97.9 Å². The Hall–Kier alpha value is -1.81. The van der Waals surface area contributed by atoms with Crippen LogP contribution in [0.1, 0.15) is 0 Å². The Morgan fingerprint density at radius 3 is 2.61 bits per heavy atom. The van der Waals surface area contributed by atoms with E-state index in [-0.39, 0.29) is 15.2 Å². The second-order valence-electron chi connectivity index (χ2n) is 4.80. The summed E-state index contributed by atoms with van der Waals surface area (Å²) in [6.07, 6.45) is 0. The molecule has 9 heteroatoms. The van der Waals surface area contributed by atoms with Gasteiger partial charge in [0.1, 0.15) is 0 Å². The number of H-pyrrole nitrogens is 1. The number of hydrogen-bond acceptors (Lipinski definition) is 4. The Morgan fingerprint density at radius 1 is 1.17 bits per heavy atom. The third kappa shape index (κ3) is 3.00. The molecule has 0 aliphatic heterocycles. The lowest BCUT2D eigenvalue weighted by molar-refractivity contribution is 0.597. The van der Waals surface area contributed by atoms with Gasteiger partial charge < -0.3 is 4.98 Å². The largest absolute Gasteiger partial charge is 0.331 e. The molecule has 3 rings (SSSR count). The maximum absolute atomic E-state index is 12.7. The zero-order valence-corrected chi connectivity index (χ0v) is 14.7. The van der Waals surface area contributed by atoms with Crippen molar-refractivity contribution in [2.75, 3.05) is 0 Å². The number of hydrogen-bond donors (Lipinski definition) is 2. The van der Waals surface area contributed by atoms with Gasteiger partial charge in [-0.25, -0.2) is 13.6 Å². The number of halogens is 1. The van der Waals surface area contributed by atoms with Crippen LogP contribution in [-0.4, -0.2) is 18.0 Å². The second-order valence-corrected chi connectivity index (χ2v) is 7.67. The molecule has 0 aliphatic rings. The Labute approximate surface area is 144 Å². The van der Waals surface area contributed by atoms with E-state index in [4.69, 9.17) is 17.4 Å². The van der Waals surface area contributed by atoms with Crippen LogP contribution in [0.3, 0.4) is 0 Å². The molecule has 1 heterocycles. The van der Waals surface area contributed by atoms with Crippen molar-refractivity contribution < 1.29 is 8.42 Å². The summed E-state index contributed by atoms with van der Waals surface area (Å²) in [5.41, 5.74) is 0.573. The molecule has 0 unspecified atom stereocenters. The van der Waals surface area contributed by atoms with Gasteiger partial charge in [0.25, 0.3) is 5.56 Å². The van der Waals surface area contributed by atoms with Crippen LogP contribution >= 0.6 is 28.1 Å². The van der Waals surface area contributed by atoms with Crippen molar-refractivity contribution >= 4 is 49.1 Å². The lowest BCUT2D eigenvalue weighted by Crippen LogP contribution is -2.21. The normalized spacial score (nSPS) is 11.7. The fraction of sp³-hybridized carbons (Fsp3) is 0. The van der Waals surface area contributed by atoms with E-state index in [1.165, 1.54) is 22.8 Å². The fourth-order valence-corrected chi connectivity index (χ4v) is 3.44. The van der Waals surface area contributed by atoms with E-state index in [1.807, 2.05) is 0 Å². The lowest BCUT2D eigenvalue weighted by atomic mass is 10.2. The molecule has 0 spiro atoms. The van der Waals surface area contributed by atoms with Crippen LogP contribution in [0.5, 0.6) is 0 Å². The van der Waals surface area contributed by atoms with Crippen LogP contribution in [0, 0.1) is 4.77 Å². The van der Waals surface area contributed by atoms with Gasteiger partial charge in [-0.15, -0.1) is 0 Å². The molecular formula is C14H10BrN3O3S2. The highest BCUT2D eigenvalue weighted by Crippen LogP contribution is 2.18. The number of benzene rings is 2. The number of fused-ring (bicyclic) bond motifs is 1. The first-order chi connectivity index (χ1) is 10.8. The molecule has 0 fully saturated rings. The van der Waals surface area contributed by atoms with E-state index in [2.05, 4.69) is 20.9 Å². The monoisotopic (exact) mass is 411 g/mol. The van der Waals surface area contributed by atoms with Crippen molar-refractivity contribution in [3.05, 3.63) is 62.1 Å². The highest BCUT2D eigenvalue weighted by Gasteiger charge is 2.12. The molecule has 6 nitrogen and oxygen atoms in total. The van der Waals surface area contributed by atoms with Crippen molar-refractivity contribution in [3.8, 4) is 5.69 Å². The number of aromatic nitrogens is 2. The number of rotatable bonds is 2. The first-order valence-electron chi connectivity index (χ1n) is 6.35. The smallest absolute Gasteiger partial charge is 0.266 e. The molecule has 3 aromatic rings. The summed E-state index contributed by atoms with van der Waals surface area (Å²) in [7, 11) is -3.87. The number of nitrogens with two attached hydrogens (primary N) is 1. The Balaban J connectivity index is 2.36. The van der Waals surface area contributed by atoms with Gasteiger partial charge in [-0.05, 0) is 48.6 Å². The molecule has 0 saturated heterocycles. The number of primary sulfonamides is 1. The fourth-order valence-electron chi connectivity index (χ4n) is 2.22. The Morgan fingerprint density at radius 2 is 1.91 bits per heavy atom. The summed E-state index contributed by atoms with van der Waals surface area (Å²) in [5.74, 6) is 0. The maximum Gasteiger partial charge on any atom is 0.266 e. The first-order valence-corrected chi connectivity index (χ1v) is 9.10. The molecule has 0 aliphatic carbocycles. The molecule has 2 aromatic carbocycles. The summed E-state index contributed by atoms with van der Waals surface area (Å²) in [6, 6.07) is 10.9. The van der Waals surface area contributed by atoms with Crippen LogP contribution in [0.25, 0.3) is 16.6 Å². The van der Waals surface area contributed by atoms with Gasteiger partial charge in [0.2, 0.25) is 10.0 Å². The van der Waals surface area contributed by atoms with Gasteiger partial charge in [-0.1, -0.05) is 22.0 Å². The first kappa shape index (κ1) is 16.1. The average Bonchev–Trinajstić information content (AvgIpc) is 2.46. The predicted molar refractivity (Wildman–Crippen MR) is 93.8 cm³/mol. The summed E-state index contributed by atoms with van der Waals surface area (Å²) in [5, 5.41) is 5.57. The molecule has 0 amide bonds. The van der Waals surface area contributed by atoms with Gasteiger partial charge in [0.05, 0.1) is 21.5 Å². The summed E-state index contributed by atoms with van der Waals surface area (Å²) in [4.78, 5) is 15.6. The van der Waals surface area contributed by atoms with Gasteiger partial charge in [0.15, 0.2) is 4.77 Å². The highest BCUT2D eigenvalue weighted by molar-refractivity contribution is 9.10. The van der Waals surface area contributed by atoms with Crippen molar-refractivity contribution in [2.24, 2.45) is 5.14 Å². The van der Waals surface area contributed by atoms with Gasteiger partial charge >= 0.3 is 0 Å². The van der Waals surface area contributed by atoms with Crippen LogP contribution in [0.15, 0.2) is 56.6 Å². The van der Waals surface area contributed by atoms with Crippen LogP contribution < -0.4 is 10.7 Å². The minimum absolute atomic E-state index is 0.0906. The Bertz CT molecular complexity index is 1150. The number of nitrogens with one attached hydrogen (secondary N) is 1. The van der Waals surface area contributed by atoms with E-state index in [9.17, 15) is 13.2 Å². The molecular weight excluding hydrogens is 402 g/mol. The minimum atomic E-state index is -3.87. The van der Waals surface area contributed by atoms with Crippen molar-refractivity contribution in [2.45, 2.75) is 4.90 Å². The molecule has 0 atom stereocenters. The van der Waals surface area contributed by atoms with Crippen LogP contribution in [0.4, 0.5) is 0 Å². The van der Waals surface area contributed by atoms with Crippen molar-refractivity contribution in [1.29, 1.82) is 0 Å². The standard InChI is InChI=1S/C14H10BrN3O3S2/c15-8-4-5-11-12(6-8)17-14(22)18(13(11)19)9-2-1-3-10(7-9)23(16,20)21/h1-7H,(H,17,22)(H2,16,20,21). The molecule has 0 saturated carbocycles. The number of aromatic amines is 1. The van der Waals surface area contributed by atoms with Crippen molar-refractivity contribution in [3.63, 3.8) is 0 Å². The Kier molecular flexibility index (Phi) is 3.96. The summed E-state index contributed by atoms with van der Waals surface area (Å²) in [6.45, 7) is 0. The average molecular weight is 412 g/mol. The quantitative estimate of drug-likeness (QED) is 0.632. The lowest BCUT2D eigenvalue weighted by Gasteiger charge is -2.09. The molecule has 118 valence electrons. The van der Waals surface area contributed by atoms with Gasteiger partial charge in [-0.3, -0.25) is 9.36 Å². The van der Waals surface area contributed by atoms with E-state index < -0.39 is 10.0 Å². The third-order valence-corrected chi connectivity index (χ3v) is 4.95. The van der Waals surface area contributed by atoms with E-state index in [0.29, 0.717) is 16.6 Å². The molecule has 1 aromatic heterocycles. The SMILES string of the molecule is NS(=O)(=O)c1cccc(-n2c(=S)[nH]c3cc(Br)ccc3c2=O)c1. The third-order valence-electron chi connectivity index (χ3n) is 3.26.